The lowest BCUT2D eigenvalue weighted by molar-refractivity contribution is -0.146. The van der Waals surface area contributed by atoms with Crippen LogP contribution < -0.4 is 0 Å². The van der Waals surface area contributed by atoms with Gasteiger partial charge in [-0.05, 0) is 5.41 Å². The van der Waals surface area contributed by atoms with Crippen LogP contribution in [0.3, 0.4) is 0 Å². The van der Waals surface area contributed by atoms with Gasteiger partial charge in [-0.3, -0.25) is 4.79 Å². The molecule has 1 fully saturated rings. The minimum absolute atomic E-state index is 0.149. The maximum absolute atomic E-state index is 11.0. The monoisotopic (exact) mass is 226 g/mol. The number of aliphatic carboxylic acids is 1. The van der Waals surface area contributed by atoms with Crippen molar-refractivity contribution >= 4 is 11.9 Å². The van der Waals surface area contributed by atoms with Gasteiger partial charge in [0.1, 0.15) is 0 Å². The first-order valence-corrected chi connectivity index (χ1v) is 4.81. The number of carboxylic acid groups (broad SMARTS) is 1. The van der Waals surface area contributed by atoms with Crippen LogP contribution in [0.4, 0.5) is 0 Å². The molecule has 0 radical (unpaired) electrons. The highest BCUT2D eigenvalue weighted by Gasteiger charge is 2.61. The molecule has 0 saturated heterocycles. The Hall–Kier alpha value is -1.54. The highest BCUT2D eigenvalue weighted by Crippen LogP contribution is 2.57. The number of hydrogen-bond acceptors (Lipinski definition) is 4. The summed E-state index contributed by atoms with van der Waals surface area (Å²) in [6.45, 7) is 3.47. The Morgan fingerprint density at radius 2 is 2.06 bits per heavy atom. The van der Waals surface area contributed by atoms with Gasteiger partial charge in [-0.1, -0.05) is 19.8 Å². The van der Waals surface area contributed by atoms with E-state index in [1.807, 2.05) is 13.8 Å². The largest absolute Gasteiger partial charge is 0.481 e. The Balaban J connectivity index is 2.54. The molecule has 0 heterocycles. The maximum atomic E-state index is 11.0. The Kier molecular flexibility index (Phi) is 3.55. The van der Waals surface area contributed by atoms with Crippen LogP contribution in [0.15, 0.2) is 0 Å². The first-order valence-electron chi connectivity index (χ1n) is 4.81. The Morgan fingerprint density at radius 1 is 1.44 bits per heavy atom. The van der Waals surface area contributed by atoms with Crippen LogP contribution in [0.25, 0.3) is 0 Å². The average Bonchev–Trinajstić information content (AvgIpc) is 2.74. The van der Waals surface area contributed by atoms with E-state index in [1.54, 1.807) is 0 Å². The fraction of sp³-hybridized carbons (Fsp3) is 0.636. The number of methoxy groups -OCH3 is 1. The smallest absolute Gasteiger partial charge is 0.386 e. The third-order valence-corrected chi connectivity index (χ3v) is 2.73. The van der Waals surface area contributed by atoms with Gasteiger partial charge in [0.25, 0.3) is 0 Å². The molecule has 1 rings (SSSR count). The first-order chi connectivity index (χ1) is 7.41. The summed E-state index contributed by atoms with van der Waals surface area (Å²) in [5, 5.41) is 8.86. The third kappa shape index (κ3) is 2.52. The van der Waals surface area contributed by atoms with Crippen molar-refractivity contribution in [1.82, 2.24) is 0 Å². The SMILES string of the molecule is COCOC(=O)C#CC1C(C(=O)O)C1(C)C. The topological polar surface area (TPSA) is 72.8 Å². The fourth-order valence-corrected chi connectivity index (χ4v) is 1.65. The van der Waals surface area contributed by atoms with E-state index in [0.717, 1.165) is 0 Å². The number of ether oxygens (including phenoxy) is 2. The zero-order valence-corrected chi connectivity index (χ0v) is 9.44. The van der Waals surface area contributed by atoms with E-state index in [4.69, 9.17) is 5.11 Å². The van der Waals surface area contributed by atoms with E-state index in [9.17, 15) is 9.59 Å². The van der Waals surface area contributed by atoms with Crippen LogP contribution in [0.1, 0.15) is 13.8 Å². The molecule has 1 aliphatic carbocycles. The van der Waals surface area contributed by atoms with Crippen LogP contribution in [0.5, 0.6) is 0 Å². The number of rotatable bonds is 3. The van der Waals surface area contributed by atoms with Crippen molar-refractivity contribution in [2.24, 2.45) is 17.3 Å². The molecule has 0 aromatic heterocycles. The quantitative estimate of drug-likeness (QED) is 0.328. The molecule has 0 bridgehead atoms. The average molecular weight is 226 g/mol. The summed E-state index contributed by atoms with van der Waals surface area (Å²) in [5.74, 6) is 2.52. The minimum atomic E-state index is -0.880. The van der Waals surface area contributed by atoms with Crippen molar-refractivity contribution in [3.8, 4) is 11.8 Å². The van der Waals surface area contributed by atoms with Crippen molar-refractivity contribution in [3.05, 3.63) is 0 Å². The van der Waals surface area contributed by atoms with E-state index in [0.29, 0.717) is 0 Å². The number of carboxylic acids is 1. The van der Waals surface area contributed by atoms with Gasteiger partial charge in [0.05, 0.1) is 5.92 Å². The Bertz CT molecular complexity index is 360. The van der Waals surface area contributed by atoms with Crippen molar-refractivity contribution < 1.29 is 24.2 Å². The molecule has 5 heteroatoms. The van der Waals surface area contributed by atoms with Crippen molar-refractivity contribution in [3.63, 3.8) is 0 Å². The van der Waals surface area contributed by atoms with E-state index < -0.39 is 17.9 Å². The normalized spacial score (nSPS) is 25.2. The van der Waals surface area contributed by atoms with Crippen LogP contribution >= 0.6 is 0 Å². The lowest BCUT2D eigenvalue weighted by Gasteiger charge is -1.96. The van der Waals surface area contributed by atoms with Gasteiger partial charge < -0.3 is 14.6 Å². The second-order valence-electron chi connectivity index (χ2n) is 4.22. The van der Waals surface area contributed by atoms with Gasteiger partial charge in [0.2, 0.25) is 0 Å². The van der Waals surface area contributed by atoms with Crippen LogP contribution in [-0.4, -0.2) is 30.9 Å². The summed E-state index contributed by atoms with van der Waals surface area (Å²) in [7, 11) is 1.39. The summed E-state index contributed by atoms with van der Waals surface area (Å²) in [5.41, 5.74) is -0.375. The van der Waals surface area contributed by atoms with E-state index in [1.165, 1.54) is 7.11 Å². The van der Waals surface area contributed by atoms with Gasteiger partial charge in [-0.25, -0.2) is 4.79 Å². The Morgan fingerprint density at radius 3 is 2.50 bits per heavy atom. The Labute approximate surface area is 93.7 Å². The molecule has 0 aromatic carbocycles. The maximum Gasteiger partial charge on any atom is 0.386 e. The van der Waals surface area contributed by atoms with Gasteiger partial charge in [0, 0.05) is 18.9 Å². The first kappa shape index (κ1) is 12.5. The van der Waals surface area contributed by atoms with E-state index in [-0.39, 0.29) is 18.1 Å². The van der Waals surface area contributed by atoms with E-state index >= 15 is 0 Å². The van der Waals surface area contributed by atoms with Gasteiger partial charge in [0.15, 0.2) is 6.79 Å². The summed E-state index contributed by atoms with van der Waals surface area (Å²) in [6, 6.07) is 0. The molecule has 2 atom stereocenters. The number of carbonyl (C=O) groups is 2. The summed E-state index contributed by atoms with van der Waals surface area (Å²) in [4.78, 5) is 21.8. The van der Waals surface area contributed by atoms with Gasteiger partial charge >= 0.3 is 11.9 Å². The fourth-order valence-electron chi connectivity index (χ4n) is 1.65. The third-order valence-electron chi connectivity index (χ3n) is 2.73. The molecule has 5 nitrogen and oxygen atoms in total. The molecule has 2 unspecified atom stereocenters. The molecule has 88 valence electrons. The molecular weight excluding hydrogens is 212 g/mol. The molecule has 0 spiro atoms. The minimum Gasteiger partial charge on any atom is -0.481 e. The highest BCUT2D eigenvalue weighted by atomic mass is 16.7. The molecule has 0 aliphatic heterocycles. The second kappa shape index (κ2) is 4.54. The molecule has 1 aliphatic rings. The van der Waals surface area contributed by atoms with Crippen molar-refractivity contribution in [2.75, 3.05) is 13.9 Å². The molecule has 0 aromatic rings. The molecular formula is C11H14O5. The molecule has 1 saturated carbocycles. The molecule has 16 heavy (non-hydrogen) atoms. The number of carbonyl (C=O) groups excluding carboxylic acids is 1. The number of esters is 1. The predicted molar refractivity (Wildman–Crippen MR) is 54.1 cm³/mol. The number of hydrogen-bond donors (Lipinski definition) is 1. The van der Waals surface area contributed by atoms with Gasteiger partial charge in [-0.15, -0.1) is 0 Å². The van der Waals surface area contributed by atoms with Crippen molar-refractivity contribution in [2.45, 2.75) is 13.8 Å². The summed E-state index contributed by atoms with van der Waals surface area (Å²) >= 11 is 0. The second-order valence-corrected chi connectivity index (χ2v) is 4.22. The summed E-state index contributed by atoms with van der Waals surface area (Å²) in [6.07, 6.45) is 0. The lowest BCUT2D eigenvalue weighted by Crippen LogP contribution is -2.04. The van der Waals surface area contributed by atoms with Gasteiger partial charge in [-0.2, -0.15) is 0 Å². The zero-order valence-electron chi connectivity index (χ0n) is 9.44. The predicted octanol–water partition coefficient (Wildman–Crippen LogP) is 0.494. The standard InChI is InChI=1S/C11H14O5/c1-11(2)7(9(11)10(13)14)4-5-8(12)16-6-15-3/h7,9H,6H2,1-3H3,(H,13,14). The van der Waals surface area contributed by atoms with E-state index in [2.05, 4.69) is 21.3 Å². The van der Waals surface area contributed by atoms with Crippen LogP contribution in [0, 0.1) is 29.1 Å². The van der Waals surface area contributed by atoms with Crippen molar-refractivity contribution in [1.29, 1.82) is 0 Å². The zero-order chi connectivity index (χ0) is 12.3. The molecule has 1 N–H and O–H groups in total. The van der Waals surface area contributed by atoms with Crippen LogP contribution in [0.2, 0.25) is 0 Å². The summed E-state index contributed by atoms with van der Waals surface area (Å²) < 4.78 is 9.08. The highest BCUT2D eigenvalue weighted by molar-refractivity contribution is 5.89. The van der Waals surface area contributed by atoms with Crippen LogP contribution in [-0.2, 0) is 19.1 Å². The lowest BCUT2D eigenvalue weighted by atomic mass is 10.1. The molecule has 0 amide bonds.